The highest BCUT2D eigenvalue weighted by molar-refractivity contribution is 8.16. The Kier molecular flexibility index (Phi) is 7.88. The average Bonchev–Trinajstić information content (AvgIpc) is 3.34. The fourth-order valence-electron chi connectivity index (χ4n) is 5.44. The second-order valence-electron chi connectivity index (χ2n) is 9.85. The molecular formula is C30H33N3O4S. The summed E-state index contributed by atoms with van der Waals surface area (Å²) in [7, 11) is 3.01. The van der Waals surface area contributed by atoms with Gasteiger partial charge in [0.25, 0.3) is 0 Å². The Balaban J connectivity index is 1.31. The fraction of sp³-hybridized carbons (Fsp3) is 0.367. The van der Waals surface area contributed by atoms with Crippen molar-refractivity contribution in [3.8, 4) is 5.75 Å². The quantitative estimate of drug-likeness (QED) is 0.451. The molecule has 2 aromatic carbocycles. The molecule has 3 heterocycles. The predicted octanol–water partition coefficient (Wildman–Crippen LogP) is 5.31. The number of esters is 1. The van der Waals surface area contributed by atoms with Gasteiger partial charge in [-0.25, -0.2) is 9.79 Å². The molecule has 198 valence electrons. The molecule has 0 spiro atoms. The van der Waals surface area contributed by atoms with E-state index >= 15 is 0 Å². The number of amides is 1. The third-order valence-corrected chi connectivity index (χ3v) is 8.39. The molecule has 3 aliphatic rings. The summed E-state index contributed by atoms with van der Waals surface area (Å²) in [5, 5.41) is 2.75. The normalized spacial score (nSPS) is 19.6. The van der Waals surface area contributed by atoms with Gasteiger partial charge in [-0.1, -0.05) is 54.2 Å². The molecule has 8 heteroatoms. The molecule has 2 aromatic rings. The molecule has 0 aromatic heterocycles. The lowest BCUT2D eigenvalue weighted by molar-refractivity contribution is -0.136. The number of methoxy groups -OCH3 is 2. The first-order chi connectivity index (χ1) is 18.5. The van der Waals surface area contributed by atoms with Crippen LogP contribution in [-0.4, -0.2) is 54.2 Å². The minimum Gasteiger partial charge on any atom is -0.497 e. The van der Waals surface area contributed by atoms with Crippen molar-refractivity contribution in [3.63, 3.8) is 0 Å². The summed E-state index contributed by atoms with van der Waals surface area (Å²) >= 11 is 1.49. The number of thioether (sulfide) groups is 1. The van der Waals surface area contributed by atoms with Crippen LogP contribution in [0.5, 0.6) is 5.75 Å². The largest absolute Gasteiger partial charge is 0.497 e. The van der Waals surface area contributed by atoms with Gasteiger partial charge in [-0.15, -0.1) is 0 Å². The van der Waals surface area contributed by atoms with Gasteiger partial charge in [-0.2, -0.15) is 0 Å². The van der Waals surface area contributed by atoms with E-state index in [1.165, 1.54) is 24.4 Å². The van der Waals surface area contributed by atoms with Crippen molar-refractivity contribution in [3.05, 3.63) is 88.1 Å². The van der Waals surface area contributed by atoms with E-state index in [9.17, 15) is 9.59 Å². The zero-order chi connectivity index (χ0) is 26.6. The average molecular weight is 532 g/mol. The fourth-order valence-corrected chi connectivity index (χ4v) is 6.41. The lowest BCUT2D eigenvalue weighted by Gasteiger charge is -2.37. The molecule has 0 saturated carbocycles. The Bertz CT molecular complexity index is 1280. The summed E-state index contributed by atoms with van der Waals surface area (Å²) in [6.45, 7) is 3.37. The van der Waals surface area contributed by atoms with Crippen molar-refractivity contribution in [2.75, 3.05) is 27.3 Å². The van der Waals surface area contributed by atoms with Gasteiger partial charge in [-0.3, -0.25) is 4.79 Å². The van der Waals surface area contributed by atoms with Crippen molar-refractivity contribution >= 4 is 28.8 Å². The van der Waals surface area contributed by atoms with E-state index in [4.69, 9.17) is 14.5 Å². The molecule has 1 amide bonds. The summed E-state index contributed by atoms with van der Waals surface area (Å²) < 4.78 is 10.5. The number of carbonyl (C=O) groups is 2. The molecule has 0 unspecified atom stereocenters. The Morgan fingerprint density at radius 2 is 1.74 bits per heavy atom. The maximum Gasteiger partial charge on any atom is 0.338 e. The van der Waals surface area contributed by atoms with Gasteiger partial charge in [0.05, 0.1) is 38.0 Å². The topological polar surface area (TPSA) is 71.4 Å². The molecule has 1 atom stereocenters. The van der Waals surface area contributed by atoms with E-state index in [-0.39, 0.29) is 12.3 Å². The highest BCUT2D eigenvalue weighted by Gasteiger charge is 2.41. The number of piperidine rings is 1. The minimum atomic E-state index is -0.438. The van der Waals surface area contributed by atoms with Crippen LogP contribution in [0.2, 0.25) is 0 Å². The highest BCUT2D eigenvalue weighted by atomic mass is 32.2. The number of carbonyl (C=O) groups excluding carboxylic acids is 2. The SMILES string of the molecule is COC(=O)C1=C(C)N=C2SC=C(CC(=O)N3CCC(Cc4ccccc4)CC3)N2[C@H]1c1ccc(OC)cc1. The zero-order valence-corrected chi connectivity index (χ0v) is 22.9. The number of allylic oxidation sites excluding steroid dienone is 1. The van der Waals surface area contributed by atoms with Crippen LogP contribution in [0.1, 0.15) is 43.4 Å². The zero-order valence-electron chi connectivity index (χ0n) is 22.1. The second-order valence-corrected chi connectivity index (χ2v) is 10.7. The van der Waals surface area contributed by atoms with Gasteiger partial charge in [0.2, 0.25) is 5.91 Å². The van der Waals surface area contributed by atoms with Crippen LogP contribution in [0.25, 0.3) is 0 Å². The van der Waals surface area contributed by atoms with E-state index < -0.39 is 12.0 Å². The van der Waals surface area contributed by atoms with Crippen molar-refractivity contribution in [2.45, 2.75) is 38.6 Å². The van der Waals surface area contributed by atoms with E-state index in [0.29, 0.717) is 17.2 Å². The number of hydrogen-bond acceptors (Lipinski definition) is 7. The summed E-state index contributed by atoms with van der Waals surface area (Å²) in [6.07, 6.45) is 3.33. The van der Waals surface area contributed by atoms with E-state index in [1.807, 2.05) is 52.5 Å². The number of benzene rings is 2. The van der Waals surface area contributed by atoms with Gasteiger partial charge in [0.1, 0.15) is 5.75 Å². The lowest BCUT2D eigenvalue weighted by atomic mass is 9.90. The van der Waals surface area contributed by atoms with Gasteiger partial charge in [0, 0.05) is 18.8 Å². The minimum absolute atomic E-state index is 0.107. The Morgan fingerprint density at radius 1 is 1.03 bits per heavy atom. The Labute approximate surface area is 228 Å². The van der Waals surface area contributed by atoms with Crippen LogP contribution in [0.15, 0.2) is 82.0 Å². The molecule has 0 N–H and O–H groups in total. The number of ether oxygens (including phenoxy) is 2. The molecule has 1 fully saturated rings. The first-order valence-corrected chi connectivity index (χ1v) is 13.8. The summed E-state index contributed by atoms with van der Waals surface area (Å²) in [4.78, 5) is 35.1. The standard InChI is InChI=1S/C30H33N3O4S/c1-20-27(29(35)37-3)28(23-9-11-25(36-2)12-10-23)33-24(19-38-30(33)31-20)18-26(34)32-15-13-22(14-16-32)17-21-7-5-4-6-8-21/h4-12,19,22,28H,13-18H2,1-3H3/t28-/m0/s1. The lowest BCUT2D eigenvalue weighted by Crippen LogP contribution is -2.41. The molecule has 0 radical (unpaired) electrons. The molecule has 38 heavy (non-hydrogen) atoms. The predicted molar refractivity (Wildman–Crippen MR) is 149 cm³/mol. The highest BCUT2D eigenvalue weighted by Crippen LogP contribution is 2.45. The monoisotopic (exact) mass is 531 g/mol. The molecule has 5 rings (SSSR count). The van der Waals surface area contributed by atoms with Crippen LogP contribution in [-0.2, 0) is 20.7 Å². The number of aliphatic imine (C=N–C) groups is 1. The van der Waals surface area contributed by atoms with Crippen LogP contribution < -0.4 is 4.74 Å². The van der Waals surface area contributed by atoms with Gasteiger partial charge in [-0.05, 0) is 60.8 Å². The summed E-state index contributed by atoms with van der Waals surface area (Å²) in [5.41, 5.74) is 4.21. The maximum absolute atomic E-state index is 13.4. The van der Waals surface area contributed by atoms with E-state index in [2.05, 4.69) is 24.3 Å². The van der Waals surface area contributed by atoms with E-state index in [0.717, 1.165) is 54.5 Å². The third kappa shape index (κ3) is 5.36. The number of nitrogens with zero attached hydrogens (tertiary/aromatic N) is 3. The maximum atomic E-state index is 13.4. The van der Waals surface area contributed by atoms with Crippen molar-refractivity contribution in [2.24, 2.45) is 10.9 Å². The van der Waals surface area contributed by atoms with Gasteiger partial charge in [0.15, 0.2) is 5.17 Å². The molecule has 1 saturated heterocycles. The van der Waals surface area contributed by atoms with Crippen LogP contribution >= 0.6 is 11.8 Å². The van der Waals surface area contributed by atoms with Crippen LogP contribution in [0, 0.1) is 5.92 Å². The van der Waals surface area contributed by atoms with Crippen molar-refractivity contribution < 1.29 is 19.1 Å². The number of likely N-dealkylation sites (tertiary alicyclic amines) is 1. The van der Waals surface area contributed by atoms with Crippen molar-refractivity contribution in [1.29, 1.82) is 0 Å². The summed E-state index contributed by atoms with van der Waals surface area (Å²) in [6, 6.07) is 17.8. The molecule has 0 bridgehead atoms. The number of amidine groups is 1. The number of fused-ring (bicyclic) bond motifs is 1. The molecule has 0 aliphatic carbocycles. The molecule has 3 aliphatic heterocycles. The first-order valence-electron chi connectivity index (χ1n) is 13.0. The Morgan fingerprint density at radius 3 is 2.39 bits per heavy atom. The molecular weight excluding hydrogens is 498 g/mol. The summed E-state index contributed by atoms with van der Waals surface area (Å²) in [5.74, 6) is 1.01. The first kappa shape index (κ1) is 26.1. The third-order valence-electron chi connectivity index (χ3n) is 7.50. The number of rotatable bonds is 7. The van der Waals surface area contributed by atoms with Gasteiger partial charge >= 0.3 is 5.97 Å². The van der Waals surface area contributed by atoms with Crippen LogP contribution in [0.4, 0.5) is 0 Å². The molecule has 7 nitrogen and oxygen atoms in total. The Hall–Kier alpha value is -3.52. The number of hydrogen-bond donors (Lipinski definition) is 0. The van der Waals surface area contributed by atoms with Crippen molar-refractivity contribution in [1.82, 2.24) is 9.80 Å². The van der Waals surface area contributed by atoms with Gasteiger partial charge < -0.3 is 19.3 Å². The van der Waals surface area contributed by atoms with E-state index in [1.54, 1.807) is 7.11 Å². The second kappa shape index (κ2) is 11.5. The smallest absolute Gasteiger partial charge is 0.338 e. The van der Waals surface area contributed by atoms with Crippen LogP contribution in [0.3, 0.4) is 0 Å².